The van der Waals surface area contributed by atoms with E-state index in [9.17, 15) is 4.79 Å². The molecular formula is C21H16Cl2O4. The molecule has 0 fully saturated rings. The molecule has 3 rings (SSSR count). The van der Waals surface area contributed by atoms with Gasteiger partial charge in [0.05, 0.1) is 17.2 Å². The monoisotopic (exact) mass is 402 g/mol. The molecule has 0 radical (unpaired) electrons. The molecule has 0 unspecified atom stereocenters. The highest BCUT2D eigenvalue weighted by atomic mass is 35.5. The Morgan fingerprint density at radius 2 is 1.81 bits per heavy atom. The van der Waals surface area contributed by atoms with Crippen LogP contribution in [0.25, 0.3) is 6.08 Å². The number of rotatable bonds is 7. The summed E-state index contributed by atoms with van der Waals surface area (Å²) in [6, 6.07) is 15.7. The third-order valence-corrected chi connectivity index (χ3v) is 4.46. The van der Waals surface area contributed by atoms with Crippen LogP contribution in [0.15, 0.2) is 65.1 Å². The van der Waals surface area contributed by atoms with Gasteiger partial charge in [0.1, 0.15) is 18.1 Å². The van der Waals surface area contributed by atoms with Gasteiger partial charge >= 0.3 is 0 Å². The molecule has 6 heteroatoms. The minimum atomic E-state index is -0.197. The summed E-state index contributed by atoms with van der Waals surface area (Å²) in [4.78, 5) is 12.2. The van der Waals surface area contributed by atoms with Gasteiger partial charge in [-0.3, -0.25) is 4.79 Å². The lowest BCUT2D eigenvalue weighted by Crippen LogP contribution is -1.96. The van der Waals surface area contributed by atoms with Crippen LogP contribution in [-0.4, -0.2) is 12.9 Å². The van der Waals surface area contributed by atoms with Gasteiger partial charge in [0.15, 0.2) is 17.3 Å². The molecule has 3 aromatic rings. The maximum atomic E-state index is 12.2. The number of carbonyl (C=O) groups is 1. The fourth-order valence-corrected chi connectivity index (χ4v) is 2.65. The summed E-state index contributed by atoms with van der Waals surface area (Å²) in [6.45, 7) is 0.245. The van der Waals surface area contributed by atoms with Crippen molar-refractivity contribution in [2.45, 2.75) is 6.61 Å². The molecule has 0 N–H and O–H groups in total. The Morgan fingerprint density at radius 3 is 2.56 bits per heavy atom. The topological polar surface area (TPSA) is 48.7 Å². The number of ketones is 1. The van der Waals surface area contributed by atoms with Gasteiger partial charge in [-0.25, -0.2) is 0 Å². The number of methoxy groups -OCH3 is 1. The number of ether oxygens (including phenoxy) is 2. The predicted octanol–water partition coefficient (Wildman–Crippen LogP) is 6.07. The summed E-state index contributed by atoms with van der Waals surface area (Å²) in [5.74, 6) is 2.25. The number of halogens is 2. The summed E-state index contributed by atoms with van der Waals surface area (Å²) in [7, 11) is 1.59. The first-order chi connectivity index (χ1) is 13.1. The Labute approximate surface area is 166 Å². The van der Waals surface area contributed by atoms with E-state index in [0.29, 0.717) is 38.6 Å². The first-order valence-corrected chi connectivity index (χ1v) is 8.84. The van der Waals surface area contributed by atoms with Crippen LogP contribution < -0.4 is 9.47 Å². The first-order valence-electron chi connectivity index (χ1n) is 8.09. The Balaban J connectivity index is 1.62. The predicted molar refractivity (Wildman–Crippen MR) is 106 cm³/mol. The van der Waals surface area contributed by atoms with E-state index in [0.717, 1.165) is 0 Å². The van der Waals surface area contributed by atoms with Crippen molar-refractivity contribution in [3.05, 3.63) is 87.8 Å². The van der Waals surface area contributed by atoms with E-state index in [-0.39, 0.29) is 12.4 Å². The van der Waals surface area contributed by atoms with Crippen molar-refractivity contribution in [2.24, 2.45) is 0 Å². The van der Waals surface area contributed by atoms with Crippen molar-refractivity contribution in [1.82, 2.24) is 0 Å². The Morgan fingerprint density at radius 1 is 1.04 bits per heavy atom. The van der Waals surface area contributed by atoms with Crippen LogP contribution in [0.3, 0.4) is 0 Å². The number of benzene rings is 2. The highest BCUT2D eigenvalue weighted by Gasteiger charge is 2.07. The van der Waals surface area contributed by atoms with Gasteiger partial charge in [-0.05, 0) is 54.6 Å². The molecule has 0 spiro atoms. The average molecular weight is 403 g/mol. The van der Waals surface area contributed by atoms with Gasteiger partial charge in [-0.15, -0.1) is 0 Å². The standard InChI is InChI=1S/C21H16Cl2O4/c1-25-20-4-2-3-5-21(20)26-13-16-8-7-15(27-16)9-11-19(24)14-6-10-17(22)18(23)12-14/h2-12H,13H2,1H3/b11-9+. The lowest BCUT2D eigenvalue weighted by molar-refractivity contribution is 0.104. The largest absolute Gasteiger partial charge is 0.493 e. The van der Waals surface area contributed by atoms with Gasteiger partial charge in [-0.1, -0.05) is 35.3 Å². The number of furan rings is 1. The summed E-state index contributed by atoms with van der Waals surface area (Å²) in [5.41, 5.74) is 0.451. The third-order valence-electron chi connectivity index (χ3n) is 3.72. The van der Waals surface area contributed by atoms with Crippen LogP contribution in [0.2, 0.25) is 10.0 Å². The van der Waals surface area contributed by atoms with E-state index >= 15 is 0 Å². The third kappa shape index (κ3) is 4.94. The smallest absolute Gasteiger partial charge is 0.186 e. The van der Waals surface area contributed by atoms with Gasteiger partial charge in [-0.2, -0.15) is 0 Å². The maximum Gasteiger partial charge on any atom is 0.186 e. The summed E-state index contributed by atoms with van der Waals surface area (Å²) in [6.07, 6.45) is 3.01. The zero-order valence-corrected chi connectivity index (χ0v) is 16.0. The highest BCUT2D eigenvalue weighted by molar-refractivity contribution is 6.42. The van der Waals surface area contributed by atoms with Gasteiger partial charge in [0.2, 0.25) is 0 Å². The molecule has 0 saturated carbocycles. The molecular weight excluding hydrogens is 387 g/mol. The number of carbonyl (C=O) groups excluding carboxylic acids is 1. The van der Waals surface area contributed by atoms with Crippen LogP contribution in [0.4, 0.5) is 0 Å². The fraction of sp³-hybridized carbons (Fsp3) is 0.0952. The first kappa shape index (κ1) is 19.1. The number of hydrogen-bond donors (Lipinski definition) is 0. The minimum Gasteiger partial charge on any atom is -0.493 e. The number of allylic oxidation sites excluding steroid dienone is 1. The summed E-state index contributed by atoms with van der Waals surface area (Å²) in [5, 5.41) is 0.743. The second kappa shape index (κ2) is 8.80. The molecule has 0 amide bonds. The lowest BCUT2D eigenvalue weighted by Gasteiger charge is -2.08. The summed E-state index contributed by atoms with van der Waals surface area (Å²) < 4.78 is 16.6. The molecule has 0 aliphatic carbocycles. The lowest BCUT2D eigenvalue weighted by atomic mass is 10.1. The van der Waals surface area contributed by atoms with Gasteiger partial charge in [0.25, 0.3) is 0 Å². The molecule has 2 aromatic carbocycles. The van der Waals surface area contributed by atoms with Crippen LogP contribution in [0.1, 0.15) is 21.9 Å². The van der Waals surface area contributed by atoms with Crippen LogP contribution in [0.5, 0.6) is 11.5 Å². The highest BCUT2D eigenvalue weighted by Crippen LogP contribution is 2.27. The fourth-order valence-electron chi connectivity index (χ4n) is 2.35. The summed E-state index contributed by atoms with van der Waals surface area (Å²) >= 11 is 11.8. The van der Waals surface area contributed by atoms with Gasteiger partial charge < -0.3 is 13.9 Å². The molecule has 1 heterocycles. The van der Waals surface area contributed by atoms with Crippen molar-refractivity contribution in [2.75, 3.05) is 7.11 Å². The molecule has 1 aromatic heterocycles. The van der Waals surface area contributed by atoms with Crippen molar-refractivity contribution < 1.29 is 18.7 Å². The molecule has 0 bridgehead atoms. The van der Waals surface area contributed by atoms with Crippen molar-refractivity contribution in [3.63, 3.8) is 0 Å². The second-order valence-electron chi connectivity index (χ2n) is 5.57. The van der Waals surface area contributed by atoms with Crippen molar-refractivity contribution >= 4 is 35.1 Å². The molecule has 0 aliphatic heterocycles. The number of hydrogen-bond acceptors (Lipinski definition) is 4. The van der Waals surface area contributed by atoms with Crippen LogP contribution in [0, 0.1) is 0 Å². The molecule has 0 atom stereocenters. The molecule has 27 heavy (non-hydrogen) atoms. The van der Waals surface area contributed by atoms with E-state index in [1.54, 1.807) is 37.5 Å². The van der Waals surface area contributed by atoms with E-state index < -0.39 is 0 Å². The van der Waals surface area contributed by atoms with Crippen molar-refractivity contribution in [1.29, 1.82) is 0 Å². The zero-order valence-electron chi connectivity index (χ0n) is 14.4. The minimum absolute atomic E-state index is 0.197. The van der Waals surface area contributed by atoms with E-state index in [2.05, 4.69) is 0 Å². The SMILES string of the molecule is COc1ccccc1OCc1ccc(/C=C/C(=O)c2ccc(Cl)c(Cl)c2)o1. The van der Waals surface area contributed by atoms with Crippen molar-refractivity contribution in [3.8, 4) is 11.5 Å². The Hall–Kier alpha value is -2.69. The molecule has 138 valence electrons. The Bertz CT molecular complexity index is 976. The normalized spacial score (nSPS) is 10.9. The molecule has 0 saturated heterocycles. The Kier molecular flexibility index (Phi) is 6.22. The molecule has 4 nitrogen and oxygen atoms in total. The van der Waals surface area contributed by atoms with Crippen LogP contribution >= 0.6 is 23.2 Å². The number of para-hydroxylation sites is 2. The average Bonchev–Trinajstić information content (AvgIpc) is 3.14. The maximum absolute atomic E-state index is 12.2. The molecule has 0 aliphatic rings. The van der Waals surface area contributed by atoms with E-state index in [1.807, 2.05) is 24.3 Å². The van der Waals surface area contributed by atoms with E-state index in [1.165, 1.54) is 12.1 Å². The quantitative estimate of drug-likeness (QED) is 0.355. The zero-order chi connectivity index (χ0) is 19.2. The van der Waals surface area contributed by atoms with Crippen LogP contribution in [-0.2, 0) is 6.61 Å². The van der Waals surface area contributed by atoms with E-state index in [4.69, 9.17) is 37.1 Å². The van der Waals surface area contributed by atoms with Gasteiger partial charge in [0, 0.05) is 5.56 Å². The second-order valence-corrected chi connectivity index (χ2v) is 6.38.